The molecule has 0 aromatic heterocycles. The van der Waals surface area contributed by atoms with Crippen molar-refractivity contribution in [2.45, 2.75) is 50.1 Å². The third kappa shape index (κ3) is 4.91. The summed E-state index contributed by atoms with van der Waals surface area (Å²) >= 11 is 0. The summed E-state index contributed by atoms with van der Waals surface area (Å²) in [6.45, 7) is 0.308. The minimum absolute atomic E-state index is 0.00275. The van der Waals surface area contributed by atoms with Crippen LogP contribution in [0.5, 0.6) is 5.75 Å². The first-order valence-electron chi connectivity index (χ1n) is 12.8. The second-order valence-electron chi connectivity index (χ2n) is 9.96. The van der Waals surface area contributed by atoms with Crippen LogP contribution in [0.25, 0.3) is 0 Å². The zero-order chi connectivity index (χ0) is 25.1. The van der Waals surface area contributed by atoms with Crippen LogP contribution < -0.4 is 10.1 Å². The van der Waals surface area contributed by atoms with Gasteiger partial charge >= 0.3 is 6.03 Å². The lowest BCUT2D eigenvalue weighted by Crippen LogP contribution is -2.73. The second-order valence-corrected chi connectivity index (χ2v) is 9.96. The van der Waals surface area contributed by atoms with E-state index in [9.17, 15) is 14.7 Å². The normalized spacial score (nSPS) is 23.4. The first kappa shape index (κ1) is 24.2. The Bertz CT molecular complexity index is 1150. The first-order valence-corrected chi connectivity index (χ1v) is 12.8. The van der Waals surface area contributed by atoms with Crippen LogP contribution in [0.3, 0.4) is 0 Å². The minimum atomic E-state index is -0.313. The Hall–Kier alpha value is -3.50. The molecule has 36 heavy (non-hydrogen) atoms. The van der Waals surface area contributed by atoms with E-state index in [4.69, 9.17) is 4.74 Å². The van der Waals surface area contributed by atoms with Gasteiger partial charge in [-0.05, 0) is 60.7 Å². The Morgan fingerprint density at radius 1 is 1.11 bits per heavy atom. The summed E-state index contributed by atoms with van der Waals surface area (Å²) in [4.78, 5) is 29.1. The van der Waals surface area contributed by atoms with Crippen molar-refractivity contribution in [3.8, 4) is 17.6 Å². The summed E-state index contributed by atoms with van der Waals surface area (Å²) < 4.78 is 5.16. The number of aliphatic hydroxyl groups excluding tert-OH is 1. The summed E-state index contributed by atoms with van der Waals surface area (Å²) in [7, 11) is 1.59. The molecule has 3 atom stereocenters. The molecule has 2 aliphatic heterocycles. The molecule has 2 heterocycles. The van der Waals surface area contributed by atoms with Crippen LogP contribution in [-0.4, -0.2) is 65.7 Å². The van der Waals surface area contributed by atoms with E-state index in [0.717, 1.165) is 23.5 Å². The van der Waals surface area contributed by atoms with Gasteiger partial charge in [0.05, 0.1) is 25.8 Å². The van der Waals surface area contributed by atoms with Gasteiger partial charge in [0.1, 0.15) is 12.3 Å². The number of rotatable bonds is 5. The van der Waals surface area contributed by atoms with Crippen molar-refractivity contribution in [2.24, 2.45) is 5.92 Å². The number of urea groups is 1. The topological polar surface area (TPSA) is 82.1 Å². The smallest absolute Gasteiger partial charge is 0.322 e. The van der Waals surface area contributed by atoms with Crippen LogP contribution in [0, 0.1) is 17.8 Å². The van der Waals surface area contributed by atoms with Crippen molar-refractivity contribution < 1.29 is 19.4 Å². The fraction of sp³-hybridized carbons (Fsp3) is 0.448. The Labute approximate surface area is 212 Å². The number of ether oxygens (including phenoxy) is 1. The number of nitrogens with one attached hydrogen (secondary N) is 1. The molecule has 0 radical (unpaired) electrons. The fourth-order valence-electron chi connectivity index (χ4n) is 5.83. The number of fused-ring (bicyclic) bond motifs is 1. The van der Waals surface area contributed by atoms with Crippen LogP contribution in [-0.2, 0) is 4.79 Å². The largest absolute Gasteiger partial charge is 0.497 e. The Kier molecular flexibility index (Phi) is 7.15. The summed E-state index contributed by atoms with van der Waals surface area (Å²) in [5.41, 5.74) is 2.68. The summed E-state index contributed by atoms with van der Waals surface area (Å²) in [6, 6.07) is 14.5. The molecule has 3 fully saturated rings. The predicted octanol–water partition coefficient (Wildman–Crippen LogP) is 3.83. The Morgan fingerprint density at radius 3 is 2.50 bits per heavy atom. The quantitative estimate of drug-likeness (QED) is 0.628. The summed E-state index contributed by atoms with van der Waals surface area (Å²) in [6.07, 6.45) is 6.21. The van der Waals surface area contributed by atoms with E-state index in [2.05, 4.69) is 17.2 Å². The lowest BCUT2D eigenvalue weighted by Gasteiger charge is -2.58. The van der Waals surface area contributed by atoms with E-state index in [-0.39, 0.29) is 43.1 Å². The van der Waals surface area contributed by atoms with Crippen LogP contribution >= 0.6 is 0 Å². The molecule has 2 aromatic carbocycles. The van der Waals surface area contributed by atoms with Gasteiger partial charge < -0.3 is 25.0 Å². The van der Waals surface area contributed by atoms with Crippen molar-refractivity contribution in [3.05, 3.63) is 59.7 Å². The molecule has 0 unspecified atom stereocenters. The monoisotopic (exact) mass is 487 g/mol. The van der Waals surface area contributed by atoms with Crippen LogP contribution in [0.2, 0.25) is 0 Å². The van der Waals surface area contributed by atoms with E-state index < -0.39 is 0 Å². The third-order valence-corrected chi connectivity index (χ3v) is 7.77. The summed E-state index contributed by atoms with van der Waals surface area (Å²) in [5, 5.41) is 12.9. The summed E-state index contributed by atoms with van der Waals surface area (Å²) in [5.74, 6) is 7.90. The molecule has 2 saturated heterocycles. The van der Waals surface area contributed by atoms with Crippen molar-refractivity contribution in [1.29, 1.82) is 0 Å². The van der Waals surface area contributed by atoms with Gasteiger partial charge in [-0.1, -0.05) is 36.8 Å². The highest BCUT2D eigenvalue weighted by molar-refractivity contribution is 5.93. The van der Waals surface area contributed by atoms with Crippen molar-refractivity contribution >= 4 is 17.6 Å². The van der Waals surface area contributed by atoms with E-state index in [1.807, 2.05) is 24.3 Å². The maximum atomic E-state index is 12.9. The molecule has 7 nitrogen and oxygen atoms in total. The molecule has 7 heteroatoms. The van der Waals surface area contributed by atoms with Gasteiger partial charge in [-0.15, -0.1) is 0 Å². The number of carbonyl (C=O) groups is 2. The van der Waals surface area contributed by atoms with Crippen LogP contribution in [0.15, 0.2) is 48.5 Å². The molecule has 5 rings (SSSR count). The molecule has 3 aliphatic rings. The number of methoxy groups -OCH3 is 1. The predicted molar refractivity (Wildman–Crippen MR) is 138 cm³/mol. The van der Waals surface area contributed by atoms with E-state index in [1.165, 1.54) is 25.7 Å². The van der Waals surface area contributed by atoms with Gasteiger partial charge in [0, 0.05) is 30.1 Å². The fourth-order valence-corrected chi connectivity index (χ4v) is 5.83. The van der Waals surface area contributed by atoms with Crippen LogP contribution in [0.1, 0.15) is 49.1 Å². The van der Waals surface area contributed by atoms with Gasteiger partial charge in [0.15, 0.2) is 0 Å². The highest BCUT2D eigenvalue weighted by atomic mass is 16.5. The molecule has 1 aliphatic carbocycles. The number of anilines is 1. The van der Waals surface area contributed by atoms with Crippen LogP contribution in [0.4, 0.5) is 10.5 Å². The lowest BCUT2D eigenvalue weighted by atomic mass is 9.73. The standard InChI is InChI=1S/C29H33N3O4/c1-36-24-15-13-23(14-16-24)30-29(35)31-17-25-28(26(19-33)32(25)27(34)18-31)22-11-9-21(10-12-22)8-4-7-20-5-2-3-6-20/h9-16,20,25-26,28,33H,2-3,5-7,17-19H2,1H3,(H,30,35)/t25-,26-,28+/m0/s1. The average molecular weight is 488 g/mol. The molecule has 0 bridgehead atoms. The second kappa shape index (κ2) is 10.6. The van der Waals surface area contributed by atoms with Gasteiger partial charge in [-0.2, -0.15) is 0 Å². The molecular formula is C29H33N3O4. The molecule has 2 N–H and O–H groups in total. The number of piperazine rings is 1. The zero-order valence-corrected chi connectivity index (χ0v) is 20.7. The molecule has 3 amide bonds. The zero-order valence-electron chi connectivity index (χ0n) is 20.7. The van der Waals surface area contributed by atoms with Crippen molar-refractivity contribution in [2.75, 3.05) is 32.1 Å². The number of amides is 3. The number of hydrogen-bond acceptors (Lipinski definition) is 4. The van der Waals surface area contributed by atoms with Gasteiger partial charge in [0.25, 0.3) is 0 Å². The molecule has 1 saturated carbocycles. The SMILES string of the molecule is COc1ccc(NC(=O)N2CC(=O)N3[C@@H](CO)[C@H](c4ccc(C#CCC5CCCC5)cc4)[C@@H]3C2)cc1. The van der Waals surface area contributed by atoms with Gasteiger partial charge in [0.2, 0.25) is 5.91 Å². The number of carbonyl (C=O) groups excluding carboxylic acids is 2. The minimum Gasteiger partial charge on any atom is -0.497 e. The third-order valence-electron chi connectivity index (χ3n) is 7.77. The average Bonchev–Trinajstić information content (AvgIpc) is 3.40. The van der Waals surface area contributed by atoms with E-state index in [0.29, 0.717) is 18.0 Å². The van der Waals surface area contributed by atoms with Gasteiger partial charge in [-0.3, -0.25) is 4.79 Å². The highest BCUT2D eigenvalue weighted by Gasteiger charge is 2.54. The number of aliphatic hydroxyl groups is 1. The Morgan fingerprint density at radius 2 is 1.83 bits per heavy atom. The molecule has 0 spiro atoms. The number of nitrogens with zero attached hydrogens (tertiary/aromatic N) is 2. The molecular weight excluding hydrogens is 454 g/mol. The van der Waals surface area contributed by atoms with E-state index >= 15 is 0 Å². The van der Waals surface area contributed by atoms with E-state index in [1.54, 1.807) is 41.2 Å². The highest BCUT2D eigenvalue weighted by Crippen LogP contribution is 2.43. The first-order chi connectivity index (χ1) is 17.6. The lowest BCUT2D eigenvalue weighted by molar-refractivity contribution is -0.159. The number of hydrogen-bond donors (Lipinski definition) is 2. The maximum absolute atomic E-state index is 12.9. The van der Waals surface area contributed by atoms with Crippen molar-refractivity contribution in [3.63, 3.8) is 0 Å². The Balaban J connectivity index is 1.25. The number of benzene rings is 2. The molecule has 188 valence electrons. The molecule has 2 aromatic rings. The van der Waals surface area contributed by atoms with Crippen molar-refractivity contribution in [1.82, 2.24) is 9.80 Å². The van der Waals surface area contributed by atoms with Gasteiger partial charge in [-0.25, -0.2) is 4.79 Å². The maximum Gasteiger partial charge on any atom is 0.322 e.